The fourth-order valence-electron chi connectivity index (χ4n) is 3.94. The molecule has 1 saturated heterocycles. The molecule has 6 nitrogen and oxygen atoms in total. The Bertz CT molecular complexity index is 1190. The van der Waals surface area contributed by atoms with Crippen molar-refractivity contribution in [2.24, 2.45) is 5.73 Å². The van der Waals surface area contributed by atoms with E-state index < -0.39 is 0 Å². The van der Waals surface area contributed by atoms with Gasteiger partial charge in [-0.2, -0.15) is 0 Å². The van der Waals surface area contributed by atoms with Crippen molar-refractivity contribution in [1.82, 2.24) is 15.3 Å². The third kappa shape index (κ3) is 4.34. The number of nitrogens with one attached hydrogen (secondary N) is 1. The van der Waals surface area contributed by atoms with Gasteiger partial charge in [0.1, 0.15) is 12.7 Å². The molecule has 1 aliphatic rings. The number of nitrogens with zero attached hydrogens (tertiary/aromatic N) is 2. The van der Waals surface area contributed by atoms with E-state index in [2.05, 4.69) is 52.8 Å². The highest BCUT2D eigenvalue weighted by Gasteiger charge is 2.17. The zero-order valence-electron chi connectivity index (χ0n) is 17.8. The van der Waals surface area contributed by atoms with Crippen LogP contribution in [-0.2, 0) is 11.3 Å². The predicted octanol–water partition coefficient (Wildman–Crippen LogP) is 3.79. The normalized spacial score (nSPS) is 16.2. The van der Waals surface area contributed by atoms with E-state index >= 15 is 0 Å². The van der Waals surface area contributed by atoms with Gasteiger partial charge in [0.15, 0.2) is 0 Å². The largest absolute Gasteiger partial charge is 0.474 e. The predicted molar refractivity (Wildman–Crippen MR) is 126 cm³/mol. The number of hydrogen-bond acceptors (Lipinski definition) is 6. The van der Waals surface area contributed by atoms with Crippen LogP contribution in [0.5, 0.6) is 5.88 Å². The van der Waals surface area contributed by atoms with Crippen LogP contribution < -0.4 is 15.8 Å². The fourth-order valence-corrected chi connectivity index (χ4v) is 3.94. The Balaban J connectivity index is 1.58. The summed E-state index contributed by atoms with van der Waals surface area (Å²) in [6, 6.07) is 22.6. The Morgan fingerprint density at radius 3 is 2.62 bits per heavy atom. The lowest BCUT2D eigenvalue weighted by molar-refractivity contribution is -0.000386. The maximum Gasteiger partial charge on any atom is 0.223 e. The molecule has 32 heavy (non-hydrogen) atoms. The number of benzene rings is 2. The Labute approximate surface area is 187 Å². The van der Waals surface area contributed by atoms with Gasteiger partial charge in [-0.05, 0) is 23.3 Å². The average Bonchev–Trinajstić information content (AvgIpc) is 2.88. The Hall–Kier alpha value is -3.32. The number of rotatable bonds is 6. The minimum absolute atomic E-state index is 0.0164. The maximum atomic E-state index is 6.10. The molecule has 0 saturated carbocycles. The van der Waals surface area contributed by atoms with E-state index in [1.54, 1.807) is 6.20 Å². The van der Waals surface area contributed by atoms with E-state index in [4.69, 9.17) is 20.2 Å². The number of nitrogens with two attached hydrogens (primary N) is 1. The summed E-state index contributed by atoms with van der Waals surface area (Å²) in [6.07, 6.45) is 1.76. The molecule has 0 amide bonds. The third-order valence-corrected chi connectivity index (χ3v) is 5.66. The van der Waals surface area contributed by atoms with E-state index in [0.717, 1.165) is 51.9 Å². The highest BCUT2D eigenvalue weighted by atomic mass is 16.5. The van der Waals surface area contributed by atoms with Crippen molar-refractivity contribution >= 4 is 10.9 Å². The highest BCUT2D eigenvalue weighted by molar-refractivity contribution is 5.93. The Kier molecular flexibility index (Phi) is 6.07. The number of aromatic nitrogens is 2. The minimum atomic E-state index is 0.0164. The van der Waals surface area contributed by atoms with Gasteiger partial charge in [-0.15, -0.1) is 0 Å². The van der Waals surface area contributed by atoms with Crippen molar-refractivity contribution < 1.29 is 9.47 Å². The lowest BCUT2D eigenvalue weighted by Gasteiger charge is -2.23. The summed E-state index contributed by atoms with van der Waals surface area (Å²) in [5, 5.41) is 4.21. The molecule has 0 spiro atoms. The zero-order valence-corrected chi connectivity index (χ0v) is 17.8. The highest BCUT2D eigenvalue weighted by Crippen LogP contribution is 2.35. The van der Waals surface area contributed by atoms with Crippen LogP contribution in [0.1, 0.15) is 5.56 Å². The van der Waals surface area contributed by atoms with Gasteiger partial charge in [-0.3, -0.25) is 0 Å². The monoisotopic (exact) mass is 426 g/mol. The van der Waals surface area contributed by atoms with Crippen molar-refractivity contribution in [3.05, 3.63) is 78.5 Å². The number of pyridine rings is 2. The first-order valence-corrected chi connectivity index (χ1v) is 10.9. The SMILES string of the molecule is NCc1ccc(-c2nc3ccnc(OCC4CNCCO4)c3cc2-c2ccccc2)cc1. The lowest BCUT2D eigenvalue weighted by Crippen LogP contribution is -2.41. The van der Waals surface area contributed by atoms with E-state index in [1.807, 2.05) is 24.3 Å². The molecule has 4 aromatic rings. The minimum Gasteiger partial charge on any atom is -0.474 e. The van der Waals surface area contributed by atoms with E-state index in [9.17, 15) is 0 Å². The zero-order chi connectivity index (χ0) is 21.8. The molecule has 0 bridgehead atoms. The Morgan fingerprint density at radius 1 is 1.03 bits per heavy atom. The van der Waals surface area contributed by atoms with Crippen molar-refractivity contribution in [2.45, 2.75) is 12.6 Å². The van der Waals surface area contributed by atoms with Crippen LogP contribution in [0.2, 0.25) is 0 Å². The summed E-state index contributed by atoms with van der Waals surface area (Å²) >= 11 is 0. The van der Waals surface area contributed by atoms with Crippen LogP contribution in [-0.4, -0.2) is 42.4 Å². The van der Waals surface area contributed by atoms with Crippen LogP contribution in [0.15, 0.2) is 72.9 Å². The van der Waals surface area contributed by atoms with Gasteiger partial charge in [-0.1, -0.05) is 54.6 Å². The third-order valence-electron chi connectivity index (χ3n) is 5.66. The van der Waals surface area contributed by atoms with Gasteiger partial charge < -0.3 is 20.5 Å². The molecule has 3 heterocycles. The second kappa shape index (κ2) is 9.44. The molecule has 1 aliphatic heterocycles. The van der Waals surface area contributed by atoms with Crippen LogP contribution in [0.4, 0.5) is 0 Å². The summed E-state index contributed by atoms with van der Waals surface area (Å²) < 4.78 is 11.9. The number of morpholine rings is 1. The first kappa shape index (κ1) is 20.6. The van der Waals surface area contributed by atoms with Gasteiger partial charge in [-0.25, -0.2) is 9.97 Å². The molecule has 1 fully saturated rings. The second-order valence-corrected chi connectivity index (χ2v) is 7.84. The summed E-state index contributed by atoms with van der Waals surface area (Å²) in [5.41, 5.74) is 11.8. The molecule has 2 aromatic carbocycles. The second-order valence-electron chi connectivity index (χ2n) is 7.84. The summed E-state index contributed by atoms with van der Waals surface area (Å²) in [4.78, 5) is 9.54. The van der Waals surface area contributed by atoms with E-state index in [1.165, 1.54) is 0 Å². The van der Waals surface area contributed by atoms with Crippen molar-refractivity contribution in [3.8, 4) is 28.3 Å². The van der Waals surface area contributed by atoms with Crippen LogP contribution in [0.25, 0.3) is 33.3 Å². The molecule has 1 unspecified atom stereocenters. The van der Waals surface area contributed by atoms with E-state index in [0.29, 0.717) is 25.6 Å². The van der Waals surface area contributed by atoms with Gasteiger partial charge >= 0.3 is 0 Å². The smallest absolute Gasteiger partial charge is 0.223 e. The van der Waals surface area contributed by atoms with Gasteiger partial charge in [0.2, 0.25) is 5.88 Å². The number of ether oxygens (including phenoxy) is 2. The van der Waals surface area contributed by atoms with Crippen LogP contribution >= 0.6 is 0 Å². The van der Waals surface area contributed by atoms with Crippen molar-refractivity contribution in [2.75, 3.05) is 26.3 Å². The number of hydrogen-bond donors (Lipinski definition) is 2. The molecule has 0 radical (unpaired) electrons. The van der Waals surface area contributed by atoms with Crippen molar-refractivity contribution in [3.63, 3.8) is 0 Å². The average molecular weight is 427 g/mol. The quantitative estimate of drug-likeness (QED) is 0.488. The maximum absolute atomic E-state index is 6.10. The molecular formula is C26H26N4O2. The fraction of sp³-hybridized carbons (Fsp3) is 0.231. The molecule has 2 aromatic heterocycles. The molecule has 3 N–H and O–H groups in total. The van der Waals surface area contributed by atoms with Gasteiger partial charge in [0.05, 0.1) is 23.2 Å². The van der Waals surface area contributed by atoms with Gasteiger partial charge in [0.25, 0.3) is 0 Å². The molecule has 6 heteroatoms. The first-order valence-electron chi connectivity index (χ1n) is 10.9. The topological polar surface area (TPSA) is 82.3 Å². The summed E-state index contributed by atoms with van der Waals surface area (Å²) in [7, 11) is 0. The molecule has 162 valence electrons. The lowest BCUT2D eigenvalue weighted by atomic mass is 9.97. The molecule has 5 rings (SSSR count). The van der Waals surface area contributed by atoms with Crippen molar-refractivity contribution in [1.29, 1.82) is 0 Å². The van der Waals surface area contributed by atoms with Crippen LogP contribution in [0, 0.1) is 0 Å². The standard InChI is InChI=1S/C26H26N4O2/c27-15-18-6-8-20(9-7-18)25-22(19-4-2-1-3-5-19)14-23-24(30-25)10-11-29-26(23)32-17-21-16-28-12-13-31-21/h1-11,14,21,28H,12-13,15-17,27H2. The molecule has 0 aliphatic carbocycles. The van der Waals surface area contributed by atoms with E-state index in [-0.39, 0.29) is 6.10 Å². The number of fused-ring (bicyclic) bond motifs is 1. The first-order chi connectivity index (χ1) is 15.8. The summed E-state index contributed by atoms with van der Waals surface area (Å²) in [6.45, 7) is 3.32. The van der Waals surface area contributed by atoms with Crippen LogP contribution in [0.3, 0.4) is 0 Å². The summed E-state index contributed by atoms with van der Waals surface area (Å²) in [5.74, 6) is 0.575. The molecule has 1 atom stereocenters. The Morgan fingerprint density at radius 2 is 1.88 bits per heavy atom. The molecular weight excluding hydrogens is 400 g/mol. The van der Waals surface area contributed by atoms with Gasteiger partial charge in [0, 0.05) is 37.0 Å².